The first-order chi connectivity index (χ1) is 14.2. The van der Waals surface area contributed by atoms with Crippen LogP contribution in [0, 0.1) is 0 Å². The third kappa shape index (κ3) is 3.40. The molecule has 0 atom stereocenters. The summed E-state index contributed by atoms with van der Waals surface area (Å²) in [6.07, 6.45) is 3.80. The van der Waals surface area contributed by atoms with Gasteiger partial charge >= 0.3 is 0 Å². The monoisotopic (exact) mass is 402 g/mol. The number of anilines is 3. The van der Waals surface area contributed by atoms with Crippen molar-refractivity contribution in [2.75, 3.05) is 29.0 Å². The minimum atomic E-state index is -0.194. The Morgan fingerprint density at radius 1 is 1.03 bits per heavy atom. The SMILES string of the molecule is Nc1c(C(=O)Nc2ccc(N3CCCCC3)cc2)sc2nc3ccccc3cc12. The number of benzene rings is 2. The summed E-state index contributed by atoms with van der Waals surface area (Å²) in [5, 5.41) is 4.83. The van der Waals surface area contributed by atoms with Gasteiger partial charge in [-0.1, -0.05) is 18.2 Å². The Balaban J connectivity index is 1.39. The van der Waals surface area contributed by atoms with E-state index >= 15 is 0 Å². The number of amides is 1. The van der Waals surface area contributed by atoms with Crippen LogP contribution in [0.4, 0.5) is 17.1 Å². The highest BCUT2D eigenvalue weighted by atomic mass is 32.1. The zero-order valence-corrected chi connectivity index (χ0v) is 16.8. The number of pyridine rings is 1. The predicted octanol–water partition coefficient (Wildman–Crippen LogP) is 5.27. The van der Waals surface area contributed by atoms with Crippen LogP contribution in [0.15, 0.2) is 54.6 Å². The Morgan fingerprint density at radius 2 is 1.79 bits per heavy atom. The summed E-state index contributed by atoms with van der Waals surface area (Å²) >= 11 is 1.34. The molecule has 0 aliphatic carbocycles. The molecule has 4 aromatic rings. The number of piperidine rings is 1. The number of rotatable bonds is 3. The van der Waals surface area contributed by atoms with Gasteiger partial charge in [0.25, 0.3) is 5.91 Å². The van der Waals surface area contributed by atoms with Crippen molar-refractivity contribution in [3.05, 3.63) is 59.5 Å². The summed E-state index contributed by atoms with van der Waals surface area (Å²) in [6, 6.07) is 18.0. The number of thiophene rings is 1. The Kier molecular flexibility index (Phi) is 4.56. The van der Waals surface area contributed by atoms with E-state index in [-0.39, 0.29) is 5.91 Å². The fourth-order valence-corrected chi connectivity index (χ4v) is 4.89. The van der Waals surface area contributed by atoms with Gasteiger partial charge in [0.1, 0.15) is 9.71 Å². The summed E-state index contributed by atoms with van der Waals surface area (Å²) in [5.41, 5.74) is 9.68. The van der Waals surface area contributed by atoms with Gasteiger partial charge in [0, 0.05) is 35.2 Å². The molecular formula is C23H22N4OS. The van der Waals surface area contributed by atoms with Gasteiger partial charge in [0.05, 0.1) is 11.2 Å². The van der Waals surface area contributed by atoms with Crippen LogP contribution in [0.2, 0.25) is 0 Å². The second kappa shape index (κ2) is 7.37. The van der Waals surface area contributed by atoms with Crippen LogP contribution >= 0.6 is 11.3 Å². The molecule has 5 nitrogen and oxygen atoms in total. The van der Waals surface area contributed by atoms with Crippen molar-refractivity contribution < 1.29 is 4.79 Å². The van der Waals surface area contributed by atoms with E-state index < -0.39 is 0 Å². The molecule has 1 saturated heterocycles. The molecule has 29 heavy (non-hydrogen) atoms. The van der Waals surface area contributed by atoms with Crippen LogP contribution in [0.3, 0.4) is 0 Å². The van der Waals surface area contributed by atoms with Crippen molar-refractivity contribution in [1.82, 2.24) is 4.98 Å². The molecule has 0 spiro atoms. The van der Waals surface area contributed by atoms with E-state index in [9.17, 15) is 4.79 Å². The number of hydrogen-bond donors (Lipinski definition) is 2. The van der Waals surface area contributed by atoms with Crippen molar-refractivity contribution in [1.29, 1.82) is 0 Å². The lowest BCUT2D eigenvalue weighted by molar-refractivity contribution is 0.103. The molecule has 6 heteroatoms. The maximum Gasteiger partial charge on any atom is 0.267 e. The number of fused-ring (bicyclic) bond motifs is 2. The second-order valence-corrected chi connectivity index (χ2v) is 8.43. The standard InChI is InChI=1S/C23H22N4OS/c24-20-18-14-15-6-2-3-7-19(15)26-23(18)29-21(20)22(28)25-16-8-10-17(11-9-16)27-12-4-1-5-13-27/h2-3,6-11,14H,1,4-5,12-13,24H2,(H,25,28). The van der Waals surface area contributed by atoms with Gasteiger partial charge in [-0.25, -0.2) is 4.98 Å². The predicted molar refractivity (Wildman–Crippen MR) is 122 cm³/mol. The lowest BCUT2D eigenvalue weighted by atomic mass is 10.1. The smallest absolute Gasteiger partial charge is 0.267 e. The maximum absolute atomic E-state index is 12.9. The third-order valence-corrected chi connectivity index (χ3v) is 6.59. The van der Waals surface area contributed by atoms with E-state index in [1.807, 2.05) is 42.5 Å². The lowest BCUT2D eigenvalue weighted by Gasteiger charge is -2.28. The highest BCUT2D eigenvalue weighted by molar-refractivity contribution is 7.21. The normalized spacial score (nSPS) is 14.4. The molecule has 2 aromatic carbocycles. The highest BCUT2D eigenvalue weighted by Crippen LogP contribution is 2.35. The van der Waals surface area contributed by atoms with E-state index in [0.29, 0.717) is 10.6 Å². The second-order valence-electron chi connectivity index (χ2n) is 7.43. The Hall–Kier alpha value is -3.12. The van der Waals surface area contributed by atoms with Crippen LogP contribution in [-0.4, -0.2) is 24.0 Å². The lowest BCUT2D eigenvalue weighted by Crippen LogP contribution is -2.29. The van der Waals surface area contributed by atoms with Crippen LogP contribution in [0.25, 0.3) is 21.1 Å². The fraction of sp³-hybridized carbons (Fsp3) is 0.217. The van der Waals surface area contributed by atoms with Gasteiger partial charge < -0.3 is 16.0 Å². The molecule has 1 amide bonds. The van der Waals surface area contributed by atoms with Gasteiger partial charge in [-0.15, -0.1) is 11.3 Å². The van der Waals surface area contributed by atoms with Crippen molar-refractivity contribution in [3.8, 4) is 0 Å². The third-order valence-electron chi connectivity index (χ3n) is 5.48. The van der Waals surface area contributed by atoms with Crippen LogP contribution in [0.5, 0.6) is 0 Å². The molecule has 146 valence electrons. The van der Waals surface area contributed by atoms with Crippen LogP contribution < -0.4 is 16.0 Å². The van der Waals surface area contributed by atoms with Gasteiger partial charge in [-0.2, -0.15) is 0 Å². The number of carbonyl (C=O) groups excluding carboxylic acids is 1. The number of nitrogens with zero attached hydrogens (tertiary/aromatic N) is 2. The number of nitrogen functional groups attached to an aromatic ring is 1. The summed E-state index contributed by atoms with van der Waals surface area (Å²) in [5.74, 6) is -0.194. The molecule has 0 unspecified atom stereocenters. The number of nitrogens with two attached hydrogens (primary N) is 1. The van der Waals surface area contributed by atoms with Crippen molar-refractivity contribution >= 4 is 55.4 Å². The number of para-hydroxylation sites is 1. The van der Waals surface area contributed by atoms with Crippen LogP contribution in [0.1, 0.15) is 28.9 Å². The highest BCUT2D eigenvalue weighted by Gasteiger charge is 2.18. The van der Waals surface area contributed by atoms with E-state index in [0.717, 1.165) is 39.9 Å². The molecule has 1 aliphatic heterocycles. The molecule has 3 N–H and O–H groups in total. The first-order valence-corrected chi connectivity index (χ1v) is 10.7. The van der Waals surface area contributed by atoms with Crippen molar-refractivity contribution in [2.45, 2.75) is 19.3 Å². The minimum Gasteiger partial charge on any atom is -0.397 e. The van der Waals surface area contributed by atoms with Crippen LogP contribution in [-0.2, 0) is 0 Å². The molecule has 1 aliphatic rings. The van der Waals surface area contributed by atoms with E-state index in [1.54, 1.807) is 0 Å². The number of hydrogen-bond acceptors (Lipinski definition) is 5. The molecule has 5 rings (SSSR count). The van der Waals surface area contributed by atoms with Gasteiger partial charge in [0.2, 0.25) is 0 Å². The Bertz CT molecular complexity index is 1190. The Morgan fingerprint density at radius 3 is 2.59 bits per heavy atom. The quantitative estimate of drug-likeness (QED) is 0.489. The summed E-state index contributed by atoms with van der Waals surface area (Å²) < 4.78 is 0. The average molecular weight is 403 g/mol. The summed E-state index contributed by atoms with van der Waals surface area (Å²) in [4.78, 5) is 21.2. The molecule has 0 saturated carbocycles. The molecule has 2 aromatic heterocycles. The first kappa shape index (κ1) is 17.9. The van der Waals surface area contributed by atoms with Crippen molar-refractivity contribution in [3.63, 3.8) is 0 Å². The topological polar surface area (TPSA) is 71.2 Å². The largest absolute Gasteiger partial charge is 0.397 e. The first-order valence-electron chi connectivity index (χ1n) is 9.93. The molecule has 0 bridgehead atoms. The molecule has 0 radical (unpaired) electrons. The zero-order valence-electron chi connectivity index (χ0n) is 16.0. The molecule has 1 fully saturated rings. The van der Waals surface area contributed by atoms with E-state index in [1.165, 1.54) is 36.3 Å². The Labute approximate surface area is 173 Å². The van der Waals surface area contributed by atoms with Crippen molar-refractivity contribution in [2.24, 2.45) is 0 Å². The number of nitrogens with one attached hydrogen (secondary N) is 1. The van der Waals surface area contributed by atoms with Gasteiger partial charge in [0.15, 0.2) is 0 Å². The van der Waals surface area contributed by atoms with E-state index in [2.05, 4.69) is 27.3 Å². The number of carbonyl (C=O) groups is 1. The molecule has 3 heterocycles. The summed E-state index contributed by atoms with van der Waals surface area (Å²) in [7, 11) is 0. The summed E-state index contributed by atoms with van der Waals surface area (Å²) in [6.45, 7) is 2.21. The minimum absolute atomic E-state index is 0.194. The maximum atomic E-state index is 12.9. The number of aromatic nitrogens is 1. The van der Waals surface area contributed by atoms with Gasteiger partial charge in [-0.05, 0) is 55.7 Å². The van der Waals surface area contributed by atoms with E-state index in [4.69, 9.17) is 5.73 Å². The molecular weight excluding hydrogens is 380 g/mol. The fourth-order valence-electron chi connectivity index (χ4n) is 3.91. The van der Waals surface area contributed by atoms with Gasteiger partial charge in [-0.3, -0.25) is 4.79 Å². The zero-order chi connectivity index (χ0) is 19.8. The average Bonchev–Trinajstić information content (AvgIpc) is 3.09.